The average Bonchev–Trinajstić information content (AvgIpc) is 2.47. The third kappa shape index (κ3) is 3.99. The van der Waals surface area contributed by atoms with Gasteiger partial charge in [0.1, 0.15) is 0 Å². The summed E-state index contributed by atoms with van der Waals surface area (Å²) in [7, 11) is 1.33. The molecule has 1 aromatic heterocycles. The molecule has 1 aromatic carbocycles. The van der Waals surface area contributed by atoms with Crippen molar-refractivity contribution >= 4 is 17.5 Å². The van der Waals surface area contributed by atoms with Crippen molar-refractivity contribution in [2.24, 2.45) is 0 Å². The van der Waals surface area contributed by atoms with E-state index in [1.165, 1.54) is 7.11 Å². The van der Waals surface area contributed by atoms with E-state index in [1.54, 1.807) is 6.20 Å². The van der Waals surface area contributed by atoms with Crippen LogP contribution in [0, 0.1) is 0 Å². The molecule has 0 bridgehead atoms. The number of carbonyl (C=O) groups excluding carboxylic acids is 1. The van der Waals surface area contributed by atoms with Gasteiger partial charge in [0.15, 0.2) is 0 Å². The van der Waals surface area contributed by atoms with Crippen LogP contribution < -0.4 is 10.6 Å². The highest BCUT2D eigenvalue weighted by atomic mass is 16.5. The van der Waals surface area contributed by atoms with Crippen molar-refractivity contribution in [3.8, 4) is 0 Å². The molecule has 0 saturated carbocycles. The lowest BCUT2D eigenvalue weighted by atomic mass is 10.2. The molecule has 0 unspecified atom stereocenters. The zero-order valence-corrected chi connectivity index (χ0v) is 10.6. The number of ether oxygens (including phenoxy) is 1. The molecule has 5 nitrogen and oxygen atoms in total. The van der Waals surface area contributed by atoms with E-state index in [0.29, 0.717) is 12.2 Å². The summed E-state index contributed by atoms with van der Waals surface area (Å²) in [5, 5.41) is 5.87. The Hall–Kier alpha value is -2.56. The lowest BCUT2D eigenvalue weighted by Gasteiger charge is -2.08. The third-order valence-corrected chi connectivity index (χ3v) is 2.54. The van der Waals surface area contributed by atoms with Crippen molar-refractivity contribution in [1.82, 2.24) is 4.98 Å². The van der Waals surface area contributed by atoms with Crippen molar-refractivity contribution in [3.63, 3.8) is 0 Å². The van der Waals surface area contributed by atoms with Gasteiger partial charge < -0.3 is 10.1 Å². The number of carbonyl (C=O) groups is 1. The van der Waals surface area contributed by atoms with Gasteiger partial charge in [-0.3, -0.25) is 10.3 Å². The number of amides is 1. The van der Waals surface area contributed by atoms with Gasteiger partial charge in [-0.2, -0.15) is 0 Å². The Bertz CT molecular complexity index is 526. The van der Waals surface area contributed by atoms with E-state index in [0.717, 1.165) is 11.3 Å². The van der Waals surface area contributed by atoms with Crippen LogP contribution in [0.3, 0.4) is 0 Å². The van der Waals surface area contributed by atoms with Crippen molar-refractivity contribution in [2.45, 2.75) is 6.54 Å². The van der Waals surface area contributed by atoms with Gasteiger partial charge in [-0.1, -0.05) is 6.07 Å². The van der Waals surface area contributed by atoms with Crippen molar-refractivity contribution in [3.05, 3.63) is 54.4 Å². The number of pyridine rings is 1. The van der Waals surface area contributed by atoms with Crippen LogP contribution in [0.5, 0.6) is 0 Å². The Morgan fingerprint density at radius 3 is 2.58 bits per heavy atom. The van der Waals surface area contributed by atoms with Crippen LogP contribution in [0.25, 0.3) is 0 Å². The second-order valence-electron chi connectivity index (χ2n) is 3.91. The summed E-state index contributed by atoms with van der Waals surface area (Å²) in [6.07, 6.45) is 3.09. The highest BCUT2D eigenvalue weighted by molar-refractivity contribution is 5.84. The van der Waals surface area contributed by atoms with Gasteiger partial charge in [0, 0.05) is 30.3 Å². The van der Waals surface area contributed by atoms with E-state index >= 15 is 0 Å². The minimum Gasteiger partial charge on any atom is -0.453 e. The molecule has 19 heavy (non-hydrogen) atoms. The molecule has 0 radical (unpaired) electrons. The van der Waals surface area contributed by atoms with Crippen LogP contribution in [0.1, 0.15) is 5.56 Å². The smallest absolute Gasteiger partial charge is 0.411 e. The molecule has 0 aliphatic rings. The normalized spacial score (nSPS) is 9.74. The van der Waals surface area contributed by atoms with Crippen LogP contribution in [-0.4, -0.2) is 18.2 Å². The van der Waals surface area contributed by atoms with Crippen molar-refractivity contribution in [1.29, 1.82) is 0 Å². The summed E-state index contributed by atoms with van der Waals surface area (Å²) in [6, 6.07) is 11.3. The van der Waals surface area contributed by atoms with Crippen molar-refractivity contribution in [2.75, 3.05) is 17.7 Å². The molecule has 1 amide bonds. The Morgan fingerprint density at radius 2 is 1.95 bits per heavy atom. The van der Waals surface area contributed by atoms with E-state index < -0.39 is 6.09 Å². The van der Waals surface area contributed by atoms with Crippen molar-refractivity contribution < 1.29 is 9.53 Å². The van der Waals surface area contributed by atoms with E-state index in [9.17, 15) is 4.79 Å². The molecule has 98 valence electrons. The summed E-state index contributed by atoms with van der Waals surface area (Å²) < 4.78 is 4.52. The minimum absolute atomic E-state index is 0.476. The first-order chi connectivity index (χ1) is 9.28. The maximum atomic E-state index is 11.0. The zero-order valence-electron chi connectivity index (χ0n) is 10.6. The lowest BCUT2D eigenvalue weighted by Crippen LogP contribution is -2.10. The summed E-state index contributed by atoms with van der Waals surface area (Å²) >= 11 is 0. The fourth-order valence-electron chi connectivity index (χ4n) is 1.55. The number of hydrogen-bond acceptors (Lipinski definition) is 4. The second-order valence-corrected chi connectivity index (χ2v) is 3.91. The third-order valence-electron chi connectivity index (χ3n) is 2.54. The Balaban J connectivity index is 1.90. The minimum atomic E-state index is -0.476. The predicted octanol–water partition coefficient (Wildman–Crippen LogP) is 2.87. The zero-order chi connectivity index (χ0) is 13.5. The van der Waals surface area contributed by atoms with Gasteiger partial charge in [0.25, 0.3) is 0 Å². The summed E-state index contributed by atoms with van der Waals surface area (Å²) in [4.78, 5) is 15.1. The number of nitrogens with zero attached hydrogens (tertiary/aromatic N) is 1. The topological polar surface area (TPSA) is 63.2 Å². The molecule has 0 fully saturated rings. The standard InChI is InChI=1S/C14H15N3O2/c1-19-14(18)17-13-6-4-12(5-7-13)16-10-11-3-2-8-15-9-11/h2-9,16H,10H2,1H3,(H,17,18). The first-order valence-electron chi connectivity index (χ1n) is 5.86. The van der Waals surface area contributed by atoms with Crippen LogP contribution in [0.15, 0.2) is 48.8 Å². The first kappa shape index (κ1) is 12.9. The van der Waals surface area contributed by atoms with E-state index in [1.807, 2.05) is 42.6 Å². The molecule has 0 atom stereocenters. The second kappa shape index (κ2) is 6.39. The van der Waals surface area contributed by atoms with Crippen LogP contribution in [-0.2, 0) is 11.3 Å². The molecule has 0 saturated heterocycles. The summed E-state index contributed by atoms with van der Waals surface area (Å²) in [6.45, 7) is 0.706. The fraction of sp³-hybridized carbons (Fsp3) is 0.143. The number of methoxy groups -OCH3 is 1. The molecule has 1 heterocycles. The first-order valence-corrected chi connectivity index (χ1v) is 5.86. The molecule has 2 rings (SSSR count). The summed E-state index contributed by atoms with van der Waals surface area (Å²) in [5.41, 5.74) is 2.78. The molecule has 0 aliphatic carbocycles. The number of anilines is 2. The predicted molar refractivity (Wildman–Crippen MR) is 74.0 cm³/mol. The number of benzene rings is 1. The van der Waals surface area contributed by atoms with Crippen LogP contribution in [0.2, 0.25) is 0 Å². The highest BCUT2D eigenvalue weighted by Gasteiger charge is 2.00. The maximum absolute atomic E-state index is 11.0. The Morgan fingerprint density at radius 1 is 1.21 bits per heavy atom. The van der Waals surface area contributed by atoms with Crippen LogP contribution in [0.4, 0.5) is 16.2 Å². The quantitative estimate of drug-likeness (QED) is 0.884. The molecule has 0 aliphatic heterocycles. The van der Waals surface area contributed by atoms with Gasteiger partial charge in [-0.25, -0.2) is 4.79 Å². The van der Waals surface area contributed by atoms with Gasteiger partial charge in [-0.15, -0.1) is 0 Å². The fourth-order valence-corrected chi connectivity index (χ4v) is 1.55. The SMILES string of the molecule is COC(=O)Nc1ccc(NCc2cccnc2)cc1. The maximum Gasteiger partial charge on any atom is 0.411 e. The van der Waals surface area contributed by atoms with Gasteiger partial charge in [-0.05, 0) is 35.9 Å². The molecule has 5 heteroatoms. The average molecular weight is 257 g/mol. The molecule has 2 aromatic rings. The molecule has 0 spiro atoms. The molecule has 2 N–H and O–H groups in total. The van der Waals surface area contributed by atoms with E-state index in [4.69, 9.17) is 0 Å². The largest absolute Gasteiger partial charge is 0.453 e. The molecular formula is C14H15N3O2. The van der Waals surface area contributed by atoms with Gasteiger partial charge in [0.05, 0.1) is 7.11 Å². The molecular weight excluding hydrogens is 242 g/mol. The number of rotatable bonds is 4. The monoisotopic (exact) mass is 257 g/mol. The van der Waals surface area contributed by atoms with Gasteiger partial charge in [0.2, 0.25) is 0 Å². The Labute approximate surface area is 111 Å². The van der Waals surface area contributed by atoms with Gasteiger partial charge >= 0.3 is 6.09 Å². The number of hydrogen-bond donors (Lipinski definition) is 2. The van der Waals surface area contributed by atoms with Crippen LogP contribution >= 0.6 is 0 Å². The highest BCUT2D eigenvalue weighted by Crippen LogP contribution is 2.14. The van der Waals surface area contributed by atoms with E-state index in [-0.39, 0.29) is 0 Å². The van der Waals surface area contributed by atoms with E-state index in [2.05, 4.69) is 20.4 Å². The summed E-state index contributed by atoms with van der Waals surface area (Å²) in [5.74, 6) is 0. The number of nitrogens with one attached hydrogen (secondary N) is 2. The number of aromatic nitrogens is 1. The Kier molecular flexibility index (Phi) is 4.34. The lowest BCUT2D eigenvalue weighted by molar-refractivity contribution is 0.187.